The van der Waals surface area contributed by atoms with Crippen molar-refractivity contribution in [1.29, 1.82) is 5.26 Å². The Morgan fingerprint density at radius 2 is 1.77 bits per heavy atom. The molecule has 0 fully saturated rings. The van der Waals surface area contributed by atoms with E-state index in [0.29, 0.717) is 24.1 Å². The smallest absolute Gasteiger partial charge is 0.186 e. The average molecular weight is 296 g/mol. The predicted octanol–water partition coefficient (Wildman–Crippen LogP) is 4.23. The minimum atomic E-state index is 0.333. The number of aromatic nitrogens is 3. The van der Waals surface area contributed by atoms with Crippen molar-refractivity contribution < 1.29 is 0 Å². The van der Waals surface area contributed by atoms with Crippen molar-refractivity contribution in [3.63, 3.8) is 0 Å². The van der Waals surface area contributed by atoms with Gasteiger partial charge in [-0.3, -0.25) is 0 Å². The zero-order valence-electron chi connectivity index (χ0n) is 13.9. The summed E-state index contributed by atoms with van der Waals surface area (Å²) in [6.45, 7) is 9.33. The van der Waals surface area contributed by atoms with E-state index < -0.39 is 0 Å². The van der Waals surface area contributed by atoms with Crippen molar-refractivity contribution >= 4 is 0 Å². The highest BCUT2D eigenvalue weighted by Crippen LogP contribution is 2.25. The lowest BCUT2D eigenvalue weighted by Gasteiger charge is -2.15. The maximum absolute atomic E-state index is 9.27. The summed E-state index contributed by atoms with van der Waals surface area (Å²) in [5.74, 6) is 0.866. The van der Waals surface area contributed by atoms with Crippen LogP contribution in [0.2, 0.25) is 0 Å². The van der Waals surface area contributed by atoms with E-state index in [4.69, 9.17) is 0 Å². The molecule has 0 spiro atoms. The second-order valence-electron chi connectivity index (χ2n) is 6.00. The quantitative estimate of drug-likeness (QED) is 0.801. The number of nitriles is 1. The number of hydrogen-bond donors (Lipinski definition) is 0. The molecular weight excluding hydrogens is 272 g/mol. The minimum absolute atomic E-state index is 0.333. The van der Waals surface area contributed by atoms with Gasteiger partial charge in [0.05, 0.1) is 12.2 Å². The van der Waals surface area contributed by atoms with Gasteiger partial charge in [0, 0.05) is 5.92 Å². The molecule has 2 rings (SSSR count). The van der Waals surface area contributed by atoms with Crippen LogP contribution in [0.3, 0.4) is 0 Å². The van der Waals surface area contributed by atoms with Crippen LogP contribution in [0, 0.1) is 11.3 Å². The summed E-state index contributed by atoms with van der Waals surface area (Å²) in [5.41, 5.74) is 3.96. The van der Waals surface area contributed by atoms with Gasteiger partial charge in [-0.05, 0) is 29.9 Å². The lowest BCUT2D eigenvalue weighted by Crippen LogP contribution is -2.11. The molecule has 22 heavy (non-hydrogen) atoms. The van der Waals surface area contributed by atoms with Crippen LogP contribution in [0.1, 0.15) is 74.9 Å². The van der Waals surface area contributed by atoms with E-state index in [0.717, 1.165) is 18.5 Å². The SMILES string of the molecule is CCC(CC)c1c(C#N)nnn1Cc1ccc(C(C)C)cc1. The van der Waals surface area contributed by atoms with E-state index in [1.165, 1.54) is 11.1 Å². The topological polar surface area (TPSA) is 54.5 Å². The lowest BCUT2D eigenvalue weighted by atomic mass is 9.97. The molecule has 0 amide bonds. The maximum atomic E-state index is 9.27. The standard InChI is InChI=1S/C18H24N4/c1-5-15(6-2)18-17(11-19)20-21-22(18)12-14-7-9-16(10-8-14)13(3)4/h7-10,13,15H,5-6,12H2,1-4H3. The highest BCUT2D eigenvalue weighted by atomic mass is 15.4. The van der Waals surface area contributed by atoms with Gasteiger partial charge in [0.15, 0.2) is 5.69 Å². The Morgan fingerprint density at radius 3 is 2.27 bits per heavy atom. The molecule has 1 aromatic carbocycles. The zero-order chi connectivity index (χ0) is 16.1. The van der Waals surface area contributed by atoms with E-state index in [2.05, 4.69) is 68.3 Å². The molecule has 1 heterocycles. The molecule has 0 radical (unpaired) electrons. The first kappa shape index (κ1) is 16.2. The molecule has 2 aromatic rings. The van der Waals surface area contributed by atoms with Gasteiger partial charge in [0.1, 0.15) is 6.07 Å². The average Bonchev–Trinajstić information content (AvgIpc) is 2.92. The Morgan fingerprint density at radius 1 is 1.14 bits per heavy atom. The van der Waals surface area contributed by atoms with Gasteiger partial charge in [0.2, 0.25) is 0 Å². The monoisotopic (exact) mass is 296 g/mol. The van der Waals surface area contributed by atoms with Gasteiger partial charge in [-0.1, -0.05) is 57.2 Å². The molecule has 116 valence electrons. The Labute approximate surface area is 132 Å². The second-order valence-corrected chi connectivity index (χ2v) is 6.00. The third kappa shape index (κ3) is 3.36. The summed E-state index contributed by atoms with van der Waals surface area (Å²) < 4.78 is 1.89. The molecule has 0 N–H and O–H groups in total. The van der Waals surface area contributed by atoms with Crippen molar-refractivity contribution in [3.8, 4) is 6.07 Å². The molecule has 0 aliphatic rings. The largest absolute Gasteiger partial charge is 0.243 e. The van der Waals surface area contributed by atoms with E-state index >= 15 is 0 Å². The van der Waals surface area contributed by atoms with Gasteiger partial charge in [-0.25, -0.2) is 4.68 Å². The molecule has 4 heteroatoms. The molecule has 4 nitrogen and oxygen atoms in total. The third-order valence-electron chi connectivity index (χ3n) is 4.23. The summed E-state index contributed by atoms with van der Waals surface area (Å²) in [6.07, 6.45) is 1.98. The van der Waals surface area contributed by atoms with E-state index in [-0.39, 0.29) is 0 Å². The van der Waals surface area contributed by atoms with Crippen LogP contribution < -0.4 is 0 Å². The van der Waals surface area contributed by atoms with Crippen molar-refractivity contribution in [2.24, 2.45) is 0 Å². The molecule has 0 saturated heterocycles. The molecule has 0 atom stereocenters. The summed E-state index contributed by atoms with van der Waals surface area (Å²) in [5, 5.41) is 17.5. The van der Waals surface area contributed by atoms with Crippen LogP contribution in [-0.2, 0) is 6.54 Å². The summed E-state index contributed by atoms with van der Waals surface area (Å²) >= 11 is 0. The molecule has 1 aromatic heterocycles. The number of nitrogens with zero attached hydrogens (tertiary/aromatic N) is 4. The molecule has 0 bridgehead atoms. The number of rotatable bonds is 6. The van der Waals surface area contributed by atoms with Crippen LogP contribution >= 0.6 is 0 Å². The Hall–Kier alpha value is -2.15. The summed E-state index contributed by atoms with van der Waals surface area (Å²) in [7, 11) is 0. The van der Waals surface area contributed by atoms with Gasteiger partial charge in [-0.2, -0.15) is 5.26 Å². The van der Waals surface area contributed by atoms with Crippen LogP contribution in [0.4, 0.5) is 0 Å². The maximum Gasteiger partial charge on any atom is 0.186 e. The Bertz CT molecular complexity index is 643. The van der Waals surface area contributed by atoms with E-state index in [1.54, 1.807) is 0 Å². The minimum Gasteiger partial charge on any atom is -0.243 e. The normalized spacial score (nSPS) is 11.1. The highest BCUT2D eigenvalue weighted by Gasteiger charge is 2.20. The molecule has 0 unspecified atom stereocenters. The second kappa shape index (κ2) is 7.22. The molecule has 0 aliphatic heterocycles. The fourth-order valence-corrected chi connectivity index (χ4v) is 2.78. The Balaban J connectivity index is 2.30. The number of hydrogen-bond acceptors (Lipinski definition) is 3. The summed E-state index contributed by atoms with van der Waals surface area (Å²) in [6, 6.07) is 10.8. The highest BCUT2D eigenvalue weighted by molar-refractivity contribution is 5.30. The van der Waals surface area contributed by atoms with Gasteiger partial charge in [-0.15, -0.1) is 5.10 Å². The third-order valence-corrected chi connectivity index (χ3v) is 4.23. The van der Waals surface area contributed by atoms with E-state index in [1.807, 2.05) is 4.68 Å². The van der Waals surface area contributed by atoms with Crippen LogP contribution in [-0.4, -0.2) is 15.0 Å². The van der Waals surface area contributed by atoms with Crippen molar-refractivity contribution in [1.82, 2.24) is 15.0 Å². The van der Waals surface area contributed by atoms with Gasteiger partial charge in [0.25, 0.3) is 0 Å². The van der Waals surface area contributed by atoms with Crippen molar-refractivity contribution in [2.75, 3.05) is 0 Å². The van der Waals surface area contributed by atoms with Gasteiger partial charge < -0.3 is 0 Å². The van der Waals surface area contributed by atoms with Crippen LogP contribution in [0.25, 0.3) is 0 Å². The summed E-state index contributed by atoms with van der Waals surface area (Å²) in [4.78, 5) is 0. The van der Waals surface area contributed by atoms with Crippen LogP contribution in [0.5, 0.6) is 0 Å². The first-order valence-electron chi connectivity index (χ1n) is 8.02. The lowest BCUT2D eigenvalue weighted by molar-refractivity contribution is 0.542. The zero-order valence-corrected chi connectivity index (χ0v) is 13.9. The molecule has 0 aliphatic carbocycles. The van der Waals surface area contributed by atoms with Gasteiger partial charge >= 0.3 is 0 Å². The molecular formula is C18H24N4. The van der Waals surface area contributed by atoms with Crippen molar-refractivity contribution in [3.05, 3.63) is 46.8 Å². The van der Waals surface area contributed by atoms with Crippen molar-refractivity contribution in [2.45, 2.75) is 58.9 Å². The fourth-order valence-electron chi connectivity index (χ4n) is 2.78. The van der Waals surface area contributed by atoms with E-state index in [9.17, 15) is 5.26 Å². The number of benzene rings is 1. The molecule has 0 saturated carbocycles. The predicted molar refractivity (Wildman–Crippen MR) is 87.7 cm³/mol. The fraction of sp³-hybridized carbons (Fsp3) is 0.500. The first-order valence-corrected chi connectivity index (χ1v) is 8.02. The first-order chi connectivity index (χ1) is 10.6. The van der Waals surface area contributed by atoms with Crippen LogP contribution in [0.15, 0.2) is 24.3 Å². The Kier molecular flexibility index (Phi) is 5.32.